The number of phosphoric ester groups is 1. The fourth-order valence-corrected chi connectivity index (χ4v) is 12.4. The number of aliphatic hydroxyl groups is 1. The molecule has 0 aliphatic heterocycles. The minimum Gasteiger partial charge on any atom is -0.756 e. The number of nitrogens with one attached hydrogen (secondary N) is 1. The Balaban J connectivity index is 4.03. The highest BCUT2D eigenvalue weighted by Gasteiger charge is 2.23. The van der Waals surface area contributed by atoms with E-state index in [0.717, 1.165) is 89.9 Å². The van der Waals surface area contributed by atoms with E-state index in [0.29, 0.717) is 17.4 Å². The van der Waals surface area contributed by atoms with E-state index in [1.165, 1.54) is 257 Å². The van der Waals surface area contributed by atoms with Gasteiger partial charge in [-0.05, 0) is 103 Å². The third kappa shape index (κ3) is 78.1. The second-order valence-corrected chi connectivity index (χ2v) is 29.8. The normalized spacial score (nSPS) is 14.1. The predicted octanol–water partition coefficient (Wildman–Crippen LogP) is 26.1. The summed E-state index contributed by atoms with van der Waals surface area (Å²) in [4.78, 5) is 25.7. The number of rotatable bonds is 74. The Morgan fingerprint density at radius 2 is 0.653 bits per heavy atom. The number of carbonyl (C=O) groups is 1. The van der Waals surface area contributed by atoms with Gasteiger partial charge in [-0.3, -0.25) is 9.36 Å². The van der Waals surface area contributed by atoms with E-state index in [1.54, 1.807) is 6.08 Å². The Hall–Kier alpha value is -3.10. The fourth-order valence-electron chi connectivity index (χ4n) is 11.7. The van der Waals surface area contributed by atoms with Crippen molar-refractivity contribution < 1.29 is 32.9 Å². The summed E-state index contributed by atoms with van der Waals surface area (Å²) >= 11 is 0. The Labute approximate surface area is 590 Å². The molecular weight excluding hydrogens is 1190 g/mol. The Morgan fingerprint density at radius 1 is 0.379 bits per heavy atom. The van der Waals surface area contributed by atoms with Crippen LogP contribution in [0.2, 0.25) is 0 Å². The summed E-state index contributed by atoms with van der Waals surface area (Å²) in [6.07, 6.45) is 112. The zero-order valence-corrected chi connectivity index (χ0v) is 64.0. The molecule has 0 aromatic rings. The molecule has 1 amide bonds. The van der Waals surface area contributed by atoms with Crippen LogP contribution in [0.3, 0.4) is 0 Å². The molecule has 0 bridgehead atoms. The number of hydrogen-bond donors (Lipinski definition) is 2. The van der Waals surface area contributed by atoms with E-state index in [2.05, 4.69) is 129 Å². The van der Waals surface area contributed by atoms with Gasteiger partial charge in [0.05, 0.1) is 39.9 Å². The van der Waals surface area contributed by atoms with Gasteiger partial charge < -0.3 is 28.8 Å². The van der Waals surface area contributed by atoms with Gasteiger partial charge in [-0.15, -0.1) is 0 Å². The number of quaternary nitrogens is 1. The average molecular weight is 1340 g/mol. The maximum Gasteiger partial charge on any atom is 0.268 e. The van der Waals surface area contributed by atoms with Crippen molar-refractivity contribution in [2.24, 2.45) is 0 Å². The van der Waals surface area contributed by atoms with Gasteiger partial charge in [-0.1, -0.05) is 379 Å². The molecule has 550 valence electrons. The standard InChI is InChI=1S/C86H155N2O6P/c1-6-8-10-12-14-16-18-20-22-24-26-28-30-32-34-36-38-40-41-42-43-44-45-46-47-48-50-52-54-56-58-60-62-64-66-68-70-72-74-76-78-80-86(90)87-84(83-94-95(91,92)93-82-81-88(3,4)5)85(89)79-77-75-73-71-69-67-65-63-61-59-57-55-53-51-49-39-37-35-33-31-29-27-25-23-21-19-17-15-13-11-9-7-2/h8,10,14,16,20,22,26,28,32,34,38,40,42-43,61,63,69,71,77,79,84-85,89H,6-7,9,11-13,15,17-19,21,23-25,27,29-31,33,35-37,39,41,44-60,62,64-68,70,72-76,78,80-83H2,1-5H3,(H-,87,90,91,92)/b10-8-,16-14-,22-20-,28-26-,34-32-,40-38-,43-42-,63-61+,71-69+,79-77+. The van der Waals surface area contributed by atoms with Crippen LogP contribution in [0.25, 0.3) is 0 Å². The van der Waals surface area contributed by atoms with Crippen molar-refractivity contribution in [2.75, 3.05) is 40.9 Å². The summed E-state index contributed by atoms with van der Waals surface area (Å²) in [5, 5.41) is 14.0. The molecule has 0 saturated carbocycles. The smallest absolute Gasteiger partial charge is 0.268 e. The number of allylic oxidation sites excluding steroid dienone is 19. The maximum absolute atomic E-state index is 13.1. The zero-order valence-electron chi connectivity index (χ0n) is 63.1. The molecule has 95 heavy (non-hydrogen) atoms. The molecule has 0 spiro atoms. The number of carbonyl (C=O) groups excluding carboxylic acids is 1. The molecule has 8 nitrogen and oxygen atoms in total. The Bertz CT molecular complexity index is 1970. The van der Waals surface area contributed by atoms with Crippen molar-refractivity contribution in [1.82, 2.24) is 5.32 Å². The molecule has 3 atom stereocenters. The van der Waals surface area contributed by atoms with Crippen molar-refractivity contribution in [2.45, 2.75) is 379 Å². The molecule has 2 N–H and O–H groups in total. The molecule has 0 fully saturated rings. The minimum atomic E-state index is -4.63. The van der Waals surface area contributed by atoms with Crippen molar-refractivity contribution in [1.29, 1.82) is 0 Å². The predicted molar refractivity (Wildman–Crippen MR) is 417 cm³/mol. The first-order chi connectivity index (χ1) is 46.5. The SMILES string of the molecule is CC/C=C\C/C=C\C/C=C\C/C=C\C/C=C\C/C=C\C/C=C\CCCCCCCCCCCCCCCCCCCCCC(=O)NC(COP(=O)([O-])OCC[N+](C)(C)C)C(O)/C=C/CC/C=C/CC/C=C/CCCCCCCCCCCCCCCCCCCCCCCC. The number of phosphoric acid groups is 1. The van der Waals surface area contributed by atoms with Gasteiger partial charge in [0.25, 0.3) is 7.82 Å². The van der Waals surface area contributed by atoms with Gasteiger partial charge in [0.2, 0.25) is 5.91 Å². The summed E-state index contributed by atoms with van der Waals surface area (Å²) in [6.45, 7) is 4.54. The van der Waals surface area contributed by atoms with Crippen molar-refractivity contribution in [3.05, 3.63) is 122 Å². The van der Waals surface area contributed by atoms with Gasteiger partial charge in [0, 0.05) is 6.42 Å². The third-order valence-corrected chi connectivity index (χ3v) is 18.8. The summed E-state index contributed by atoms with van der Waals surface area (Å²) in [5.41, 5.74) is 0. The van der Waals surface area contributed by atoms with E-state index in [9.17, 15) is 19.4 Å². The topological polar surface area (TPSA) is 108 Å². The minimum absolute atomic E-state index is 0.0117. The number of likely N-dealkylation sites (N-methyl/N-ethyl adjacent to an activating group) is 1. The van der Waals surface area contributed by atoms with E-state index >= 15 is 0 Å². The summed E-state index contributed by atoms with van der Waals surface area (Å²) in [5.74, 6) is -0.209. The Kier molecular flexibility index (Phi) is 72.7. The molecular formula is C86H155N2O6P. The van der Waals surface area contributed by atoms with E-state index in [-0.39, 0.29) is 12.5 Å². The molecule has 0 rings (SSSR count). The van der Waals surface area contributed by atoms with Gasteiger partial charge in [-0.25, -0.2) is 0 Å². The maximum atomic E-state index is 13.1. The van der Waals surface area contributed by atoms with Gasteiger partial charge in [0.1, 0.15) is 13.2 Å². The molecule has 0 saturated heterocycles. The lowest BCUT2D eigenvalue weighted by Gasteiger charge is -2.29. The van der Waals surface area contributed by atoms with E-state index < -0.39 is 26.6 Å². The third-order valence-electron chi connectivity index (χ3n) is 17.9. The van der Waals surface area contributed by atoms with E-state index in [4.69, 9.17) is 9.05 Å². The van der Waals surface area contributed by atoms with Crippen LogP contribution in [0.4, 0.5) is 0 Å². The lowest BCUT2D eigenvalue weighted by atomic mass is 10.0. The van der Waals surface area contributed by atoms with Crippen LogP contribution in [0.1, 0.15) is 367 Å². The Morgan fingerprint density at radius 3 is 0.979 bits per heavy atom. The first kappa shape index (κ1) is 91.9. The zero-order chi connectivity index (χ0) is 69.0. The van der Waals surface area contributed by atoms with Crippen LogP contribution >= 0.6 is 7.82 Å². The molecule has 3 unspecified atom stereocenters. The number of aliphatic hydroxyl groups excluding tert-OH is 1. The highest BCUT2D eigenvalue weighted by Crippen LogP contribution is 2.38. The number of unbranched alkanes of at least 4 members (excludes halogenated alkanes) is 43. The van der Waals surface area contributed by atoms with Crippen LogP contribution < -0.4 is 10.2 Å². The van der Waals surface area contributed by atoms with Gasteiger partial charge in [0.15, 0.2) is 0 Å². The molecule has 0 heterocycles. The van der Waals surface area contributed by atoms with Crippen molar-refractivity contribution in [3.63, 3.8) is 0 Å². The van der Waals surface area contributed by atoms with Gasteiger partial charge in [-0.2, -0.15) is 0 Å². The largest absolute Gasteiger partial charge is 0.756 e. The number of hydrogen-bond acceptors (Lipinski definition) is 6. The molecule has 0 aliphatic carbocycles. The van der Waals surface area contributed by atoms with Crippen molar-refractivity contribution in [3.8, 4) is 0 Å². The molecule has 0 aromatic heterocycles. The summed E-state index contributed by atoms with van der Waals surface area (Å²) in [6, 6.07) is -0.917. The highest BCUT2D eigenvalue weighted by atomic mass is 31.2. The molecule has 9 heteroatoms. The van der Waals surface area contributed by atoms with E-state index in [1.807, 2.05) is 27.2 Å². The average Bonchev–Trinajstić information content (AvgIpc) is 2.01. The molecule has 0 aromatic carbocycles. The lowest BCUT2D eigenvalue weighted by molar-refractivity contribution is -0.870. The second-order valence-electron chi connectivity index (χ2n) is 28.4. The lowest BCUT2D eigenvalue weighted by Crippen LogP contribution is -2.45. The monoisotopic (exact) mass is 1340 g/mol. The van der Waals surface area contributed by atoms with Crippen LogP contribution in [0.15, 0.2) is 122 Å². The van der Waals surface area contributed by atoms with Crippen LogP contribution in [-0.4, -0.2) is 68.5 Å². The first-order valence-corrected chi connectivity index (χ1v) is 41.9. The second kappa shape index (κ2) is 75.1. The summed E-state index contributed by atoms with van der Waals surface area (Å²) < 4.78 is 23.5. The first-order valence-electron chi connectivity index (χ1n) is 40.4. The fraction of sp³-hybridized carbons (Fsp3) is 0.756. The van der Waals surface area contributed by atoms with Crippen molar-refractivity contribution >= 4 is 13.7 Å². The van der Waals surface area contributed by atoms with Crippen LogP contribution in [-0.2, 0) is 18.4 Å². The van der Waals surface area contributed by atoms with Crippen LogP contribution in [0.5, 0.6) is 0 Å². The summed E-state index contributed by atoms with van der Waals surface area (Å²) in [7, 11) is 1.24. The number of nitrogens with zero attached hydrogens (tertiary/aromatic N) is 1. The van der Waals surface area contributed by atoms with Crippen LogP contribution in [0, 0.1) is 0 Å². The molecule has 0 aliphatic rings. The van der Waals surface area contributed by atoms with Gasteiger partial charge >= 0.3 is 0 Å². The number of amides is 1. The quantitative estimate of drug-likeness (QED) is 0.0272. The molecule has 0 radical (unpaired) electrons. The highest BCUT2D eigenvalue weighted by molar-refractivity contribution is 7.45.